The number of benzene rings is 8. The summed E-state index contributed by atoms with van der Waals surface area (Å²) in [5.41, 5.74) is 6.45. The van der Waals surface area contributed by atoms with Crippen molar-refractivity contribution in [3.05, 3.63) is 226 Å². The molecule has 0 aliphatic rings. The quantitative estimate of drug-likeness (QED) is 0.0517. The molecule has 0 fully saturated rings. The van der Waals surface area contributed by atoms with Gasteiger partial charge in [0.25, 0.3) is 0 Å². The third kappa shape index (κ3) is 13.1. The minimum atomic E-state index is -0.899. The van der Waals surface area contributed by atoms with Crippen LogP contribution in [-0.2, 0) is 11.2 Å². The van der Waals surface area contributed by atoms with Crippen molar-refractivity contribution in [1.29, 1.82) is 0 Å². The van der Waals surface area contributed by atoms with Gasteiger partial charge < -0.3 is 37.9 Å². The first-order chi connectivity index (χ1) is 34.3. The standard InChI is InChI=1S/C59H48O12/c1-37-34-45(14-32-55(37)70-58(62)44-12-22-50(23-13-44)66-51-26-24-48(25-27-51)65-40(4)60)39(3)46-15-33-56(38(2)35-46)71-59(63)69-54-30-28-52(29-31-54)67-49-20-10-43(11-21-49)57(61)68-53-18-8-42(9-19-53)36-41-6-16-47(64-5)17-7-41/h6-35,39H,36H2,1-5H3. The molecule has 0 aliphatic heterocycles. The van der Waals surface area contributed by atoms with Crippen LogP contribution in [0.15, 0.2) is 182 Å². The average molecular weight is 949 g/mol. The molecule has 0 heterocycles. The van der Waals surface area contributed by atoms with Gasteiger partial charge in [-0.05, 0) is 187 Å². The highest BCUT2D eigenvalue weighted by atomic mass is 16.7. The van der Waals surface area contributed by atoms with Crippen LogP contribution in [-0.4, -0.2) is 31.2 Å². The van der Waals surface area contributed by atoms with E-state index in [1.54, 1.807) is 128 Å². The fraction of sp³-hybridized carbons (Fsp3) is 0.119. The van der Waals surface area contributed by atoms with Gasteiger partial charge in [-0.15, -0.1) is 0 Å². The van der Waals surface area contributed by atoms with Crippen molar-refractivity contribution in [2.75, 3.05) is 7.11 Å². The number of ether oxygens (including phenoxy) is 8. The molecule has 12 nitrogen and oxygen atoms in total. The highest BCUT2D eigenvalue weighted by Crippen LogP contribution is 2.33. The lowest BCUT2D eigenvalue weighted by atomic mass is 9.91. The van der Waals surface area contributed by atoms with Gasteiger partial charge in [-0.25, -0.2) is 14.4 Å². The number of methoxy groups -OCH3 is 1. The molecule has 0 N–H and O–H groups in total. The van der Waals surface area contributed by atoms with Crippen LogP contribution in [0.25, 0.3) is 0 Å². The first kappa shape index (κ1) is 48.3. The van der Waals surface area contributed by atoms with E-state index in [1.165, 1.54) is 6.92 Å². The monoisotopic (exact) mass is 948 g/mol. The highest BCUT2D eigenvalue weighted by Gasteiger charge is 2.17. The first-order valence-electron chi connectivity index (χ1n) is 22.6. The summed E-state index contributed by atoms with van der Waals surface area (Å²) >= 11 is 0. The van der Waals surface area contributed by atoms with Gasteiger partial charge in [-0.1, -0.05) is 55.5 Å². The zero-order chi connectivity index (χ0) is 49.9. The lowest BCUT2D eigenvalue weighted by Crippen LogP contribution is -2.14. The van der Waals surface area contributed by atoms with E-state index in [1.807, 2.05) is 74.5 Å². The van der Waals surface area contributed by atoms with Gasteiger partial charge in [0.05, 0.1) is 18.2 Å². The second-order valence-corrected chi connectivity index (χ2v) is 16.5. The predicted octanol–water partition coefficient (Wildman–Crippen LogP) is 13.6. The van der Waals surface area contributed by atoms with Crippen molar-refractivity contribution in [2.24, 2.45) is 0 Å². The average Bonchev–Trinajstić information content (AvgIpc) is 3.37. The van der Waals surface area contributed by atoms with Crippen molar-refractivity contribution >= 4 is 24.1 Å². The number of carbonyl (C=O) groups excluding carboxylic acids is 4. The van der Waals surface area contributed by atoms with Gasteiger partial charge in [-0.3, -0.25) is 4.79 Å². The van der Waals surface area contributed by atoms with Gasteiger partial charge in [0, 0.05) is 12.8 Å². The summed E-state index contributed by atoms with van der Waals surface area (Å²) in [7, 11) is 1.64. The summed E-state index contributed by atoms with van der Waals surface area (Å²) in [6, 6.07) is 52.8. The van der Waals surface area contributed by atoms with E-state index in [-0.39, 0.29) is 11.7 Å². The third-order valence-corrected chi connectivity index (χ3v) is 11.3. The fourth-order valence-electron chi connectivity index (χ4n) is 7.40. The normalized spacial score (nSPS) is 11.1. The highest BCUT2D eigenvalue weighted by molar-refractivity contribution is 5.92. The molecule has 0 aromatic heterocycles. The Morgan fingerprint density at radius 3 is 1.21 bits per heavy atom. The van der Waals surface area contributed by atoms with E-state index < -0.39 is 24.1 Å². The van der Waals surface area contributed by atoms with Gasteiger partial charge in [0.1, 0.15) is 57.5 Å². The first-order valence-corrected chi connectivity index (χ1v) is 22.6. The van der Waals surface area contributed by atoms with Crippen LogP contribution in [0, 0.1) is 13.8 Å². The summed E-state index contributed by atoms with van der Waals surface area (Å²) < 4.78 is 44.4. The van der Waals surface area contributed by atoms with E-state index in [4.69, 9.17) is 37.9 Å². The van der Waals surface area contributed by atoms with Crippen molar-refractivity contribution < 1.29 is 57.1 Å². The van der Waals surface area contributed by atoms with Crippen LogP contribution in [0.4, 0.5) is 4.79 Å². The van der Waals surface area contributed by atoms with E-state index in [2.05, 4.69) is 6.92 Å². The summed E-state index contributed by atoms with van der Waals surface area (Å²) in [5.74, 6) is 3.29. The predicted molar refractivity (Wildman–Crippen MR) is 266 cm³/mol. The largest absolute Gasteiger partial charge is 0.519 e. The fourth-order valence-corrected chi connectivity index (χ4v) is 7.40. The lowest BCUT2D eigenvalue weighted by molar-refractivity contribution is -0.131. The maximum absolute atomic E-state index is 13.1. The molecule has 0 amide bonds. The molecule has 0 spiro atoms. The smallest absolute Gasteiger partial charge is 0.497 e. The maximum Gasteiger partial charge on any atom is 0.519 e. The Hall–Kier alpha value is -9.16. The molecular weight excluding hydrogens is 901 g/mol. The molecule has 0 saturated carbocycles. The molecule has 8 aromatic rings. The van der Waals surface area contributed by atoms with Crippen LogP contribution < -0.4 is 37.9 Å². The number of esters is 3. The van der Waals surface area contributed by atoms with Crippen LogP contribution in [0.3, 0.4) is 0 Å². The Labute approximate surface area is 410 Å². The molecule has 12 heteroatoms. The molecule has 0 bridgehead atoms. The van der Waals surface area contributed by atoms with Crippen molar-refractivity contribution in [2.45, 2.75) is 40.0 Å². The summed E-state index contributed by atoms with van der Waals surface area (Å²) in [6.07, 6.45) is -0.161. The Balaban J connectivity index is 0.780. The molecule has 8 aromatic carbocycles. The topological polar surface area (TPSA) is 142 Å². The van der Waals surface area contributed by atoms with Gasteiger partial charge in [-0.2, -0.15) is 0 Å². The van der Waals surface area contributed by atoms with E-state index in [0.717, 1.165) is 45.6 Å². The molecule has 356 valence electrons. The molecule has 8 rings (SSSR count). The van der Waals surface area contributed by atoms with Crippen molar-refractivity contribution in [1.82, 2.24) is 0 Å². The summed E-state index contributed by atoms with van der Waals surface area (Å²) in [4.78, 5) is 49.9. The molecule has 1 atom stereocenters. The van der Waals surface area contributed by atoms with Gasteiger partial charge >= 0.3 is 24.1 Å². The molecule has 1 unspecified atom stereocenters. The van der Waals surface area contributed by atoms with Crippen LogP contribution in [0.2, 0.25) is 0 Å². The number of hydrogen-bond acceptors (Lipinski definition) is 12. The number of carbonyl (C=O) groups is 4. The molecular formula is C59H48O12. The molecule has 0 aliphatic carbocycles. The summed E-state index contributed by atoms with van der Waals surface area (Å²) in [6.45, 7) is 7.12. The SMILES string of the molecule is COc1ccc(Cc2ccc(OC(=O)c3ccc(Oc4ccc(OC(=O)Oc5ccc(C(C)c6ccc(OC(=O)c7ccc(Oc8ccc(OC(C)=O)cc8)cc7)c(C)c6)cc5C)cc4)cc3)cc2)cc1. The zero-order valence-corrected chi connectivity index (χ0v) is 39.5. The molecule has 0 radical (unpaired) electrons. The van der Waals surface area contributed by atoms with E-state index in [0.29, 0.717) is 57.1 Å². The van der Waals surface area contributed by atoms with Crippen LogP contribution in [0.1, 0.15) is 73.9 Å². The van der Waals surface area contributed by atoms with Crippen molar-refractivity contribution in [3.63, 3.8) is 0 Å². The van der Waals surface area contributed by atoms with E-state index >= 15 is 0 Å². The Morgan fingerprint density at radius 2 is 0.775 bits per heavy atom. The maximum atomic E-state index is 13.1. The zero-order valence-electron chi connectivity index (χ0n) is 39.5. The second-order valence-electron chi connectivity index (χ2n) is 16.5. The second kappa shape index (κ2) is 22.3. The Kier molecular flexibility index (Phi) is 15.2. The van der Waals surface area contributed by atoms with E-state index in [9.17, 15) is 19.2 Å². The van der Waals surface area contributed by atoms with Crippen molar-refractivity contribution in [3.8, 4) is 57.5 Å². The van der Waals surface area contributed by atoms with Gasteiger partial charge in [0.15, 0.2) is 0 Å². The van der Waals surface area contributed by atoms with Crippen LogP contribution >= 0.6 is 0 Å². The Bertz CT molecular complexity index is 3140. The number of hydrogen-bond donors (Lipinski definition) is 0. The minimum absolute atomic E-state index is 0.0370. The summed E-state index contributed by atoms with van der Waals surface area (Å²) in [5, 5.41) is 0. The number of aryl methyl sites for hydroxylation is 2. The Morgan fingerprint density at radius 1 is 0.408 bits per heavy atom. The third-order valence-electron chi connectivity index (χ3n) is 11.3. The lowest BCUT2D eigenvalue weighted by Gasteiger charge is -2.17. The van der Waals surface area contributed by atoms with Gasteiger partial charge in [0.2, 0.25) is 0 Å². The molecule has 0 saturated heterocycles. The number of rotatable bonds is 16. The minimum Gasteiger partial charge on any atom is -0.497 e. The molecule has 71 heavy (non-hydrogen) atoms. The van der Waals surface area contributed by atoms with Crippen LogP contribution in [0.5, 0.6) is 57.5 Å².